The molecule has 0 atom stereocenters. The molecule has 0 aliphatic carbocycles. The van der Waals surface area contributed by atoms with Crippen LogP contribution in [0.2, 0.25) is 0 Å². The Bertz CT molecular complexity index is 162. The molecule has 1 aliphatic rings. The van der Waals surface area contributed by atoms with E-state index >= 15 is 0 Å². The smallest absolute Gasteiger partial charge is 0.157 e. The molecule has 0 radical (unpaired) electrons. The first kappa shape index (κ1) is 15.0. The van der Waals surface area contributed by atoms with Crippen LogP contribution in [0.25, 0.3) is 0 Å². The zero-order valence-corrected chi connectivity index (χ0v) is 11.7. The van der Waals surface area contributed by atoms with Gasteiger partial charge in [-0.25, -0.2) is 0 Å². The summed E-state index contributed by atoms with van der Waals surface area (Å²) in [5, 5.41) is 0. The highest BCUT2D eigenvalue weighted by molar-refractivity contribution is 4.63. The van der Waals surface area contributed by atoms with Gasteiger partial charge in [-0.2, -0.15) is 0 Å². The Kier molecular flexibility index (Phi) is 8.72. The molecule has 0 unspecified atom stereocenters. The Morgan fingerprint density at radius 2 is 1.35 bits per heavy atom. The van der Waals surface area contributed by atoms with Gasteiger partial charge in [0.1, 0.15) is 0 Å². The molecule has 0 aromatic rings. The minimum Gasteiger partial charge on any atom is -0.352 e. The maximum Gasteiger partial charge on any atom is 0.157 e. The molecule has 102 valence electrons. The minimum absolute atomic E-state index is 0.0911. The van der Waals surface area contributed by atoms with Crippen molar-refractivity contribution in [3.63, 3.8) is 0 Å². The Hall–Kier alpha value is -0.0800. The maximum absolute atomic E-state index is 5.77. The molecule has 1 saturated heterocycles. The van der Waals surface area contributed by atoms with E-state index in [2.05, 4.69) is 13.8 Å². The highest BCUT2D eigenvalue weighted by Gasteiger charge is 2.21. The van der Waals surface area contributed by atoms with Gasteiger partial charge in [0.05, 0.1) is 13.2 Å². The predicted octanol–water partition coefficient (Wildman–Crippen LogP) is 4.53. The fourth-order valence-corrected chi connectivity index (χ4v) is 2.34. The molecule has 17 heavy (non-hydrogen) atoms. The molecular weight excluding hydrogens is 212 g/mol. The van der Waals surface area contributed by atoms with Crippen LogP contribution in [0, 0.1) is 5.92 Å². The van der Waals surface area contributed by atoms with Crippen molar-refractivity contribution in [2.75, 3.05) is 13.2 Å². The number of ether oxygens (including phenoxy) is 2. The number of unbranched alkanes of at least 4 members (excludes halogenated alkanes) is 5. The summed E-state index contributed by atoms with van der Waals surface area (Å²) in [6.07, 6.45) is 11.6. The number of hydrogen-bond acceptors (Lipinski definition) is 2. The molecule has 0 N–H and O–H groups in total. The van der Waals surface area contributed by atoms with Crippen LogP contribution in [0.4, 0.5) is 0 Å². The van der Waals surface area contributed by atoms with E-state index in [0.717, 1.165) is 19.6 Å². The van der Waals surface area contributed by atoms with E-state index in [1.807, 2.05) is 0 Å². The third-order valence-electron chi connectivity index (χ3n) is 3.54. The highest BCUT2D eigenvalue weighted by Crippen LogP contribution is 2.20. The first-order valence-corrected chi connectivity index (χ1v) is 7.60. The number of hydrogen-bond donors (Lipinski definition) is 0. The Morgan fingerprint density at radius 1 is 0.765 bits per heavy atom. The predicted molar refractivity (Wildman–Crippen MR) is 72.1 cm³/mol. The van der Waals surface area contributed by atoms with Crippen molar-refractivity contribution < 1.29 is 9.47 Å². The summed E-state index contributed by atoms with van der Waals surface area (Å²) in [7, 11) is 0. The average molecular weight is 242 g/mol. The van der Waals surface area contributed by atoms with Crippen LogP contribution in [0.3, 0.4) is 0 Å². The van der Waals surface area contributed by atoms with Crippen molar-refractivity contribution in [2.45, 2.75) is 77.9 Å². The quantitative estimate of drug-likeness (QED) is 0.553. The van der Waals surface area contributed by atoms with Gasteiger partial charge < -0.3 is 9.47 Å². The second kappa shape index (κ2) is 9.90. The van der Waals surface area contributed by atoms with Crippen LogP contribution >= 0.6 is 0 Å². The zero-order valence-electron chi connectivity index (χ0n) is 11.7. The van der Waals surface area contributed by atoms with Crippen molar-refractivity contribution in [2.24, 2.45) is 5.92 Å². The molecule has 0 aromatic heterocycles. The molecule has 0 bridgehead atoms. The second-order valence-corrected chi connectivity index (χ2v) is 5.31. The topological polar surface area (TPSA) is 18.5 Å². The highest BCUT2D eigenvalue weighted by atomic mass is 16.7. The van der Waals surface area contributed by atoms with E-state index in [0.29, 0.717) is 5.92 Å². The molecule has 0 spiro atoms. The van der Waals surface area contributed by atoms with E-state index in [9.17, 15) is 0 Å². The van der Waals surface area contributed by atoms with Gasteiger partial charge >= 0.3 is 0 Å². The van der Waals surface area contributed by atoms with E-state index in [1.54, 1.807) is 0 Å². The van der Waals surface area contributed by atoms with Gasteiger partial charge in [-0.05, 0) is 19.3 Å². The van der Waals surface area contributed by atoms with E-state index in [-0.39, 0.29) is 6.29 Å². The zero-order chi connectivity index (χ0) is 12.3. The van der Waals surface area contributed by atoms with E-state index in [1.165, 1.54) is 51.4 Å². The van der Waals surface area contributed by atoms with Crippen molar-refractivity contribution in [3.05, 3.63) is 0 Å². The fourth-order valence-electron chi connectivity index (χ4n) is 2.34. The molecule has 0 amide bonds. The van der Waals surface area contributed by atoms with Crippen molar-refractivity contribution in [1.82, 2.24) is 0 Å². The Morgan fingerprint density at radius 3 is 2.00 bits per heavy atom. The molecular formula is C15H30O2. The maximum atomic E-state index is 5.77. The molecule has 1 fully saturated rings. The molecule has 0 saturated carbocycles. The first-order valence-electron chi connectivity index (χ1n) is 7.60. The molecule has 1 aliphatic heterocycles. The molecule has 1 heterocycles. The normalized spacial score (nSPS) is 25.1. The summed E-state index contributed by atoms with van der Waals surface area (Å²) in [5.74, 6) is 0.647. The lowest BCUT2D eigenvalue weighted by Gasteiger charge is -2.29. The lowest BCUT2D eigenvalue weighted by molar-refractivity contribution is -0.204. The Balaban J connectivity index is 1.97. The van der Waals surface area contributed by atoms with Gasteiger partial charge in [0.2, 0.25) is 0 Å². The average Bonchev–Trinajstić information content (AvgIpc) is 2.37. The van der Waals surface area contributed by atoms with Gasteiger partial charge in [0.15, 0.2) is 6.29 Å². The molecule has 2 heteroatoms. The van der Waals surface area contributed by atoms with Crippen LogP contribution in [0.5, 0.6) is 0 Å². The summed E-state index contributed by atoms with van der Waals surface area (Å²) in [6, 6.07) is 0. The fraction of sp³-hybridized carbons (Fsp3) is 1.00. The van der Waals surface area contributed by atoms with Crippen molar-refractivity contribution in [3.8, 4) is 0 Å². The Labute approximate surface area is 107 Å². The van der Waals surface area contributed by atoms with Crippen molar-refractivity contribution >= 4 is 0 Å². The van der Waals surface area contributed by atoms with Gasteiger partial charge in [-0.15, -0.1) is 0 Å². The largest absolute Gasteiger partial charge is 0.352 e. The van der Waals surface area contributed by atoms with Gasteiger partial charge in [0.25, 0.3) is 0 Å². The summed E-state index contributed by atoms with van der Waals surface area (Å²) >= 11 is 0. The van der Waals surface area contributed by atoms with Gasteiger partial charge in [0, 0.05) is 5.92 Å². The van der Waals surface area contributed by atoms with Crippen LogP contribution in [0.15, 0.2) is 0 Å². The summed E-state index contributed by atoms with van der Waals surface area (Å²) < 4.78 is 11.5. The minimum atomic E-state index is 0.0911. The van der Waals surface area contributed by atoms with Crippen LogP contribution < -0.4 is 0 Å². The SMILES string of the molecule is CCCCCCC1COC(CCCCC)OC1. The van der Waals surface area contributed by atoms with Crippen LogP contribution in [-0.2, 0) is 9.47 Å². The molecule has 0 aromatic carbocycles. The van der Waals surface area contributed by atoms with E-state index in [4.69, 9.17) is 9.47 Å². The van der Waals surface area contributed by atoms with Crippen molar-refractivity contribution in [1.29, 1.82) is 0 Å². The standard InChI is InChI=1S/C15H30O2/c1-3-5-7-9-10-14-12-16-15(17-13-14)11-8-6-4-2/h14-15H,3-13H2,1-2H3. The first-order chi connectivity index (χ1) is 8.36. The lowest BCUT2D eigenvalue weighted by atomic mass is 10.0. The summed E-state index contributed by atoms with van der Waals surface area (Å²) in [5.41, 5.74) is 0. The lowest BCUT2D eigenvalue weighted by Crippen LogP contribution is -2.32. The number of rotatable bonds is 9. The summed E-state index contributed by atoms with van der Waals surface area (Å²) in [4.78, 5) is 0. The second-order valence-electron chi connectivity index (χ2n) is 5.31. The van der Waals surface area contributed by atoms with Crippen LogP contribution in [0.1, 0.15) is 71.6 Å². The van der Waals surface area contributed by atoms with Gasteiger partial charge in [-0.3, -0.25) is 0 Å². The molecule has 2 nitrogen and oxygen atoms in total. The monoisotopic (exact) mass is 242 g/mol. The van der Waals surface area contributed by atoms with E-state index < -0.39 is 0 Å². The summed E-state index contributed by atoms with van der Waals surface area (Å²) in [6.45, 7) is 6.33. The van der Waals surface area contributed by atoms with Gasteiger partial charge in [-0.1, -0.05) is 52.4 Å². The third kappa shape index (κ3) is 7.05. The third-order valence-corrected chi connectivity index (χ3v) is 3.54. The molecule has 1 rings (SSSR count). The van der Waals surface area contributed by atoms with Crippen LogP contribution in [-0.4, -0.2) is 19.5 Å².